The molecule has 3 nitrogen and oxygen atoms in total. The summed E-state index contributed by atoms with van der Waals surface area (Å²) in [5, 5.41) is 0.599. The molecule has 0 saturated carbocycles. The van der Waals surface area contributed by atoms with Crippen LogP contribution in [0.25, 0.3) is 10.9 Å². The summed E-state index contributed by atoms with van der Waals surface area (Å²) in [5.74, 6) is 4.76. The fourth-order valence-corrected chi connectivity index (χ4v) is 1.60. The lowest BCUT2D eigenvalue weighted by molar-refractivity contribution is 0.119. The van der Waals surface area contributed by atoms with Crippen molar-refractivity contribution >= 4 is 10.9 Å². The summed E-state index contributed by atoms with van der Waals surface area (Å²) in [6.07, 6.45) is 0. The molecule has 0 aliphatic carbocycles. The highest BCUT2D eigenvalue weighted by molar-refractivity contribution is 5.81. The van der Waals surface area contributed by atoms with Crippen LogP contribution in [-0.4, -0.2) is 4.57 Å². The predicted molar refractivity (Wildman–Crippen MR) is 51.9 cm³/mol. The van der Waals surface area contributed by atoms with Gasteiger partial charge in [0.05, 0.1) is 5.52 Å². The molecule has 0 amide bonds. The molecule has 1 aromatic carbocycles. The van der Waals surface area contributed by atoms with Gasteiger partial charge >= 0.3 is 0 Å². The van der Waals surface area contributed by atoms with Crippen LogP contribution in [-0.2, 0) is 18.5 Å². The van der Waals surface area contributed by atoms with Crippen LogP contribution in [0.1, 0.15) is 5.69 Å². The minimum absolute atomic E-state index is 0.221. The predicted octanol–water partition coefficient (Wildman–Crippen LogP) is 1.71. The summed E-state index contributed by atoms with van der Waals surface area (Å²) >= 11 is 0. The highest BCUT2D eigenvalue weighted by atomic mass is 19.1. The van der Waals surface area contributed by atoms with E-state index in [0.717, 1.165) is 11.2 Å². The van der Waals surface area contributed by atoms with E-state index in [-0.39, 0.29) is 12.4 Å². The molecule has 0 aliphatic rings. The lowest BCUT2D eigenvalue weighted by Crippen LogP contribution is -2.03. The van der Waals surface area contributed by atoms with Crippen LogP contribution in [0.15, 0.2) is 24.3 Å². The Balaban J connectivity index is 2.67. The van der Waals surface area contributed by atoms with Crippen LogP contribution in [0.4, 0.5) is 4.39 Å². The van der Waals surface area contributed by atoms with Crippen LogP contribution in [0.3, 0.4) is 0 Å². The zero-order valence-corrected chi connectivity index (χ0v) is 7.83. The average molecular weight is 194 g/mol. The summed E-state index contributed by atoms with van der Waals surface area (Å²) in [6.45, 7) is 0.282. The largest absolute Gasteiger partial charge is 0.345 e. The second-order valence-corrected chi connectivity index (χ2v) is 3.18. The van der Waals surface area contributed by atoms with Crippen molar-refractivity contribution in [1.82, 2.24) is 4.57 Å². The van der Waals surface area contributed by atoms with E-state index in [0.29, 0.717) is 5.39 Å². The highest BCUT2D eigenvalue weighted by Crippen LogP contribution is 2.21. The van der Waals surface area contributed by atoms with Gasteiger partial charge in [0, 0.05) is 18.1 Å². The Kier molecular flexibility index (Phi) is 2.23. The Bertz CT molecular complexity index is 464. The summed E-state index contributed by atoms with van der Waals surface area (Å²) in [5.41, 5.74) is 1.70. The van der Waals surface area contributed by atoms with Gasteiger partial charge in [-0.2, -0.15) is 0 Å². The second-order valence-electron chi connectivity index (χ2n) is 3.18. The number of benzene rings is 1. The number of hydrogen-bond acceptors (Lipinski definition) is 2. The molecule has 2 N–H and O–H groups in total. The molecule has 0 spiro atoms. The quantitative estimate of drug-likeness (QED) is 0.739. The molecule has 0 saturated heterocycles. The SMILES string of the molecule is Cn1c(CON)cc2c(F)cccc21. The van der Waals surface area contributed by atoms with Gasteiger partial charge in [0.15, 0.2) is 0 Å². The second kappa shape index (κ2) is 3.40. The first kappa shape index (κ1) is 9.18. The van der Waals surface area contributed by atoms with E-state index in [1.807, 2.05) is 17.7 Å². The van der Waals surface area contributed by atoms with E-state index < -0.39 is 0 Å². The third kappa shape index (κ3) is 1.29. The average Bonchev–Trinajstić information content (AvgIpc) is 2.48. The highest BCUT2D eigenvalue weighted by Gasteiger charge is 2.08. The van der Waals surface area contributed by atoms with Gasteiger partial charge in [0.25, 0.3) is 0 Å². The molecule has 0 atom stereocenters. The van der Waals surface area contributed by atoms with Crippen molar-refractivity contribution in [2.45, 2.75) is 6.61 Å². The topological polar surface area (TPSA) is 40.2 Å². The van der Waals surface area contributed by atoms with Crippen molar-refractivity contribution in [1.29, 1.82) is 0 Å². The van der Waals surface area contributed by atoms with E-state index in [1.54, 1.807) is 12.1 Å². The van der Waals surface area contributed by atoms with E-state index in [1.165, 1.54) is 6.07 Å². The van der Waals surface area contributed by atoms with Crippen LogP contribution < -0.4 is 5.90 Å². The first-order valence-corrected chi connectivity index (χ1v) is 4.28. The number of hydrogen-bond donors (Lipinski definition) is 1. The number of aryl methyl sites for hydroxylation is 1. The molecule has 0 radical (unpaired) electrons. The van der Waals surface area contributed by atoms with E-state index in [9.17, 15) is 4.39 Å². The molecule has 4 heteroatoms. The zero-order valence-electron chi connectivity index (χ0n) is 7.83. The fourth-order valence-electron chi connectivity index (χ4n) is 1.60. The fraction of sp³-hybridized carbons (Fsp3) is 0.200. The molecule has 2 aromatic rings. The Hall–Kier alpha value is -1.39. The van der Waals surface area contributed by atoms with Gasteiger partial charge in [0.1, 0.15) is 12.4 Å². The molecule has 2 rings (SSSR count). The lowest BCUT2D eigenvalue weighted by atomic mass is 10.2. The molecule has 74 valence electrons. The maximum Gasteiger partial charge on any atom is 0.132 e. The van der Waals surface area contributed by atoms with E-state index in [2.05, 4.69) is 4.84 Å². The summed E-state index contributed by atoms with van der Waals surface area (Å²) in [7, 11) is 1.86. The minimum atomic E-state index is -0.221. The van der Waals surface area contributed by atoms with Crippen molar-refractivity contribution in [2.24, 2.45) is 12.9 Å². The number of fused-ring (bicyclic) bond motifs is 1. The van der Waals surface area contributed by atoms with Crippen molar-refractivity contribution in [3.8, 4) is 0 Å². The molecule has 0 fully saturated rings. The van der Waals surface area contributed by atoms with Crippen molar-refractivity contribution in [3.63, 3.8) is 0 Å². The van der Waals surface area contributed by atoms with Crippen LogP contribution in [0, 0.1) is 5.82 Å². The molecular formula is C10H11FN2O. The van der Waals surface area contributed by atoms with E-state index in [4.69, 9.17) is 5.90 Å². The van der Waals surface area contributed by atoms with Gasteiger partial charge in [-0.1, -0.05) is 6.07 Å². The van der Waals surface area contributed by atoms with Crippen molar-refractivity contribution in [3.05, 3.63) is 35.8 Å². The maximum absolute atomic E-state index is 13.3. The number of nitrogens with zero attached hydrogens (tertiary/aromatic N) is 1. The molecule has 14 heavy (non-hydrogen) atoms. The van der Waals surface area contributed by atoms with Gasteiger partial charge < -0.3 is 4.57 Å². The zero-order chi connectivity index (χ0) is 10.1. The van der Waals surface area contributed by atoms with Gasteiger partial charge in [-0.3, -0.25) is 4.84 Å². The van der Waals surface area contributed by atoms with Gasteiger partial charge in [-0.15, -0.1) is 0 Å². The Morgan fingerprint density at radius 2 is 2.29 bits per heavy atom. The number of rotatable bonds is 2. The molecular weight excluding hydrogens is 183 g/mol. The van der Waals surface area contributed by atoms with Crippen molar-refractivity contribution in [2.75, 3.05) is 0 Å². The van der Waals surface area contributed by atoms with E-state index >= 15 is 0 Å². The maximum atomic E-state index is 13.3. The number of nitrogens with two attached hydrogens (primary N) is 1. The van der Waals surface area contributed by atoms with Crippen LogP contribution >= 0.6 is 0 Å². The Morgan fingerprint density at radius 1 is 1.50 bits per heavy atom. The molecule has 0 unspecified atom stereocenters. The number of halogens is 1. The van der Waals surface area contributed by atoms with Gasteiger partial charge in [0.2, 0.25) is 0 Å². The van der Waals surface area contributed by atoms with Gasteiger partial charge in [-0.05, 0) is 18.2 Å². The summed E-state index contributed by atoms with van der Waals surface area (Å²) < 4.78 is 15.2. The van der Waals surface area contributed by atoms with Crippen molar-refractivity contribution < 1.29 is 9.23 Å². The van der Waals surface area contributed by atoms with Crippen LogP contribution in [0.5, 0.6) is 0 Å². The Morgan fingerprint density at radius 3 is 2.93 bits per heavy atom. The molecule has 1 aromatic heterocycles. The summed E-state index contributed by atoms with van der Waals surface area (Å²) in [6, 6.07) is 6.73. The smallest absolute Gasteiger partial charge is 0.132 e. The standard InChI is InChI=1S/C10H11FN2O/c1-13-7(6-14-12)5-8-9(11)3-2-4-10(8)13/h2-5H,6,12H2,1H3. The van der Waals surface area contributed by atoms with Crippen LogP contribution in [0.2, 0.25) is 0 Å². The normalized spacial score (nSPS) is 11.1. The minimum Gasteiger partial charge on any atom is -0.345 e. The third-order valence-corrected chi connectivity index (χ3v) is 2.36. The molecule has 1 heterocycles. The summed E-state index contributed by atoms with van der Waals surface area (Å²) in [4.78, 5) is 4.53. The van der Waals surface area contributed by atoms with Gasteiger partial charge in [-0.25, -0.2) is 10.3 Å². The lowest BCUT2D eigenvalue weighted by Gasteiger charge is -2.01. The monoisotopic (exact) mass is 194 g/mol. The third-order valence-electron chi connectivity index (χ3n) is 2.36. The Labute approximate surface area is 80.8 Å². The first-order valence-electron chi connectivity index (χ1n) is 4.28. The number of aromatic nitrogens is 1. The molecule has 0 bridgehead atoms. The molecule has 0 aliphatic heterocycles. The first-order chi connectivity index (χ1) is 6.74.